The lowest BCUT2D eigenvalue weighted by molar-refractivity contribution is -0.288. The zero-order valence-corrected chi connectivity index (χ0v) is 35.0. The third-order valence-corrected chi connectivity index (χ3v) is 9.58. The van der Waals surface area contributed by atoms with E-state index in [0.717, 1.165) is 31.7 Å². The Bertz CT molecular complexity index is 2130. The lowest BCUT2D eigenvalue weighted by Crippen LogP contribution is -2.63. The largest absolute Gasteiger partial charge is 0.463 e. The Morgan fingerprint density at radius 2 is 1.47 bits per heavy atom. The Balaban J connectivity index is 1.64. The third-order valence-electron chi connectivity index (χ3n) is 7.99. The van der Waals surface area contributed by atoms with Crippen LogP contribution < -0.4 is 14.2 Å². The Hall–Kier alpha value is -6.30. The molecule has 2 unspecified atom stereocenters. The molecule has 4 rings (SSSR count). The summed E-state index contributed by atoms with van der Waals surface area (Å²) in [7, 11) is -3.99. The molecule has 2 aromatic carbocycles. The van der Waals surface area contributed by atoms with E-state index in [9.17, 15) is 28.2 Å². The van der Waals surface area contributed by atoms with Crippen LogP contribution in [0.5, 0.6) is 11.5 Å². The maximum Gasteiger partial charge on any atom is 0.312 e. The fourth-order valence-corrected chi connectivity index (χ4v) is 6.83. The molecular weight excluding hydrogens is 843 g/mol. The smallest absolute Gasteiger partial charge is 0.312 e. The van der Waals surface area contributed by atoms with Gasteiger partial charge in [-0.25, -0.2) is 8.96 Å². The highest BCUT2D eigenvalue weighted by molar-refractivity contribution is 7.88. The van der Waals surface area contributed by atoms with Crippen molar-refractivity contribution >= 4 is 45.7 Å². The molecule has 1 fully saturated rings. The molecule has 6 atom stereocenters. The Morgan fingerprint density at radius 1 is 0.823 bits per heavy atom. The zero-order valence-electron chi connectivity index (χ0n) is 34.2. The van der Waals surface area contributed by atoms with Crippen molar-refractivity contribution < 1.29 is 75.0 Å². The number of esters is 4. The molecule has 24 heteroatoms. The standard InChI is InChI=1S/C38H47N7O16S/c1-25(46)55-23-33-34(56-26(2)47)35(57-27(3)48)36(58-28(4)49)38(60-33)59-31-11-10-29(37(50)41-13-16-52-18-20-54-21-19-53-17-14-42-44-39)22-32(31)61-62(51,45-15-12-40-24-45)43-30-8-6-5-7-9-30/h5-12,15,22,24,33-36,38H,13-14,16-21,23H2,1-4H3,(H,41,50)/t33-,34+,35+,36-,38?,62?/m1/s1. The summed E-state index contributed by atoms with van der Waals surface area (Å²) >= 11 is 0. The number of rotatable bonds is 24. The van der Waals surface area contributed by atoms with Crippen LogP contribution in [0.1, 0.15) is 38.1 Å². The molecule has 1 aliphatic rings. The second kappa shape index (κ2) is 24.8. The van der Waals surface area contributed by atoms with Gasteiger partial charge >= 0.3 is 34.1 Å². The van der Waals surface area contributed by atoms with Crippen LogP contribution in [0.25, 0.3) is 10.4 Å². The molecule has 336 valence electrons. The number of carbonyl (C=O) groups excluding carboxylic acids is 5. The Morgan fingerprint density at radius 3 is 2.10 bits per heavy atom. The van der Waals surface area contributed by atoms with E-state index in [4.69, 9.17) is 52.3 Å². The van der Waals surface area contributed by atoms with Crippen LogP contribution in [0.15, 0.2) is 76.7 Å². The molecule has 1 aromatic heterocycles. The number of nitrogens with zero attached hydrogens (tertiary/aromatic N) is 6. The second-order valence-corrected chi connectivity index (χ2v) is 14.4. The lowest BCUT2D eigenvalue weighted by atomic mass is 9.98. The molecule has 23 nitrogen and oxygen atoms in total. The third kappa shape index (κ3) is 15.6. The fraction of sp³-hybridized carbons (Fsp3) is 0.474. The molecule has 1 amide bonds. The van der Waals surface area contributed by atoms with Gasteiger partial charge in [-0.15, -0.1) is 4.36 Å². The minimum absolute atomic E-state index is 0.00443. The zero-order chi connectivity index (χ0) is 44.9. The van der Waals surface area contributed by atoms with Crippen LogP contribution >= 0.6 is 0 Å². The van der Waals surface area contributed by atoms with Crippen LogP contribution in [-0.2, 0) is 67.3 Å². The Labute approximate surface area is 356 Å². The predicted molar refractivity (Wildman–Crippen MR) is 213 cm³/mol. The van der Waals surface area contributed by atoms with Gasteiger partial charge in [-0.1, -0.05) is 23.3 Å². The van der Waals surface area contributed by atoms with Gasteiger partial charge in [0.1, 0.15) is 19.0 Å². The number of amides is 1. The molecule has 0 spiro atoms. The first kappa shape index (κ1) is 48.4. The van der Waals surface area contributed by atoms with Gasteiger partial charge in [-0.3, -0.25) is 24.0 Å². The number of ether oxygens (including phenoxy) is 9. The van der Waals surface area contributed by atoms with E-state index in [1.807, 2.05) is 0 Å². The van der Waals surface area contributed by atoms with Crippen LogP contribution in [0, 0.1) is 0 Å². The molecular formula is C38H47N7O16S. The van der Waals surface area contributed by atoms with E-state index in [-0.39, 0.29) is 62.3 Å². The molecule has 1 aliphatic heterocycles. The fourth-order valence-electron chi connectivity index (χ4n) is 5.48. The van der Waals surface area contributed by atoms with E-state index in [2.05, 4.69) is 24.7 Å². The molecule has 0 aliphatic carbocycles. The number of azide groups is 1. The van der Waals surface area contributed by atoms with Crippen molar-refractivity contribution in [3.05, 3.63) is 83.3 Å². The number of imidazole rings is 1. The monoisotopic (exact) mass is 889 g/mol. The van der Waals surface area contributed by atoms with E-state index in [1.54, 1.807) is 30.3 Å². The summed E-state index contributed by atoms with van der Waals surface area (Å²) in [6, 6.07) is 12.1. The topological polar surface area (TPSA) is 286 Å². The van der Waals surface area contributed by atoms with E-state index < -0.39 is 77.3 Å². The van der Waals surface area contributed by atoms with Gasteiger partial charge in [0.2, 0.25) is 12.4 Å². The highest BCUT2D eigenvalue weighted by atomic mass is 32.2. The number of hydrogen-bond acceptors (Lipinski definition) is 19. The van der Waals surface area contributed by atoms with Crippen molar-refractivity contribution in [1.29, 1.82) is 0 Å². The van der Waals surface area contributed by atoms with Crippen molar-refractivity contribution in [3.63, 3.8) is 0 Å². The van der Waals surface area contributed by atoms with E-state index in [0.29, 0.717) is 13.2 Å². The summed E-state index contributed by atoms with van der Waals surface area (Å²) in [5.74, 6) is -4.47. The SMILES string of the molecule is CC(=O)OC[C@H]1OC(Oc2ccc(C(=O)NCCOCCOCCOCCN=[N+]=[N-])cc2OS(=O)(=Nc2ccccc2)n2ccnc2)[C@H](OC(C)=O)[C@@H](OC(C)=O)[C@H]1OC(C)=O. The average molecular weight is 890 g/mol. The molecule has 0 saturated carbocycles. The summed E-state index contributed by atoms with van der Waals surface area (Å²) in [4.78, 5) is 69.0. The van der Waals surface area contributed by atoms with Gasteiger partial charge in [0.25, 0.3) is 5.91 Å². The number of carbonyl (C=O) groups is 5. The first-order valence-electron chi connectivity index (χ1n) is 18.9. The van der Waals surface area contributed by atoms with E-state index in [1.165, 1.54) is 36.9 Å². The van der Waals surface area contributed by atoms with Crippen molar-refractivity contribution in [2.45, 2.75) is 58.4 Å². The molecule has 2 heterocycles. The van der Waals surface area contributed by atoms with Gasteiger partial charge in [-0.05, 0) is 35.9 Å². The highest BCUT2D eigenvalue weighted by Gasteiger charge is 2.53. The van der Waals surface area contributed by atoms with Crippen LogP contribution in [0.4, 0.5) is 5.69 Å². The second-order valence-electron chi connectivity index (χ2n) is 12.8. The number of nitrogens with one attached hydrogen (secondary N) is 1. The number of aromatic nitrogens is 2. The van der Waals surface area contributed by atoms with Crippen LogP contribution in [0.3, 0.4) is 0 Å². The highest BCUT2D eigenvalue weighted by Crippen LogP contribution is 2.36. The van der Waals surface area contributed by atoms with Crippen molar-refractivity contribution in [3.8, 4) is 11.5 Å². The molecule has 1 saturated heterocycles. The predicted octanol–water partition coefficient (Wildman–Crippen LogP) is 2.99. The molecule has 0 radical (unpaired) electrons. The summed E-state index contributed by atoms with van der Waals surface area (Å²) in [5.41, 5.74) is 8.53. The van der Waals surface area contributed by atoms with Crippen molar-refractivity contribution in [1.82, 2.24) is 14.3 Å². The quantitative estimate of drug-likeness (QED) is 0.0338. The van der Waals surface area contributed by atoms with Gasteiger partial charge in [0.05, 0.1) is 45.3 Å². The summed E-state index contributed by atoms with van der Waals surface area (Å²) < 4.78 is 76.6. The lowest BCUT2D eigenvalue weighted by Gasteiger charge is -2.44. The summed E-state index contributed by atoms with van der Waals surface area (Å²) in [6.07, 6.45) is -3.84. The summed E-state index contributed by atoms with van der Waals surface area (Å²) in [5, 5.41) is 6.08. The maximum atomic E-state index is 14.7. The molecule has 0 bridgehead atoms. The molecule has 1 N–H and O–H groups in total. The Kier molecular flexibility index (Phi) is 19.4. The maximum absolute atomic E-state index is 14.7. The van der Waals surface area contributed by atoms with Gasteiger partial charge in [0, 0.05) is 63.7 Å². The van der Waals surface area contributed by atoms with Crippen LogP contribution in [-0.4, -0.2) is 133 Å². The number of hydrogen-bond donors (Lipinski definition) is 1. The normalized spacial score (nSPS) is 19.1. The summed E-state index contributed by atoms with van der Waals surface area (Å²) in [6.45, 7) is 5.63. The minimum Gasteiger partial charge on any atom is -0.463 e. The van der Waals surface area contributed by atoms with E-state index >= 15 is 0 Å². The van der Waals surface area contributed by atoms with Gasteiger partial charge in [-0.2, -0.15) is 4.21 Å². The molecule has 3 aromatic rings. The molecule has 62 heavy (non-hydrogen) atoms. The first-order valence-corrected chi connectivity index (χ1v) is 20.3. The van der Waals surface area contributed by atoms with Crippen molar-refractivity contribution in [2.24, 2.45) is 9.48 Å². The number of benzene rings is 2. The average Bonchev–Trinajstić information content (AvgIpc) is 3.78. The van der Waals surface area contributed by atoms with Crippen molar-refractivity contribution in [2.75, 3.05) is 59.3 Å². The first-order chi connectivity index (χ1) is 29.8. The van der Waals surface area contributed by atoms with Gasteiger partial charge < -0.3 is 52.1 Å². The van der Waals surface area contributed by atoms with Crippen LogP contribution in [0.2, 0.25) is 0 Å². The minimum atomic E-state index is -3.99. The van der Waals surface area contributed by atoms with Gasteiger partial charge in [0.15, 0.2) is 23.7 Å².